The highest BCUT2D eigenvalue weighted by Crippen LogP contribution is 2.33. The van der Waals surface area contributed by atoms with Crippen LogP contribution in [0.25, 0.3) is 11.1 Å². The van der Waals surface area contributed by atoms with E-state index in [4.69, 9.17) is 4.74 Å². The van der Waals surface area contributed by atoms with Crippen molar-refractivity contribution in [1.29, 1.82) is 0 Å². The van der Waals surface area contributed by atoms with Crippen LogP contribution in [0, 0.1) is 5.95 Å². The van der Waals surface area contributed by atoms with Crippen molar-refractivity contribution >= 4 is 24.8 Å². The molecule has 142 valence electrons. The summed E-state index contributed by atoms with van der Waals surface area (Å²) in [6.45, 7) is 0.369. The second-order valence-electron chi connectivity index (χ2n) is 6.12. The maximum atomic E-state index is 13.2. The molecule has 7 heteroatoms. The molecule has 27 heavy (non-hydrogen) atoms. The lowest BCUT2D eigenvalue weighted by Crippen LogP contribution is -2.09. The van der Waals surface area contributed by atoms with E-state index in [0.29, 0.717) is 12.5 Å². The third-order valence-corrected chi connectivity index (χ3v) is 4.41. The quantitative estimate of drug-likeness (QED) is 0.572. The van der Waals surface area contributed by atoms with Crippen molar-refractivity contribution in [3.05, 3.63) is 71.7 Å². The standard InChI is InChI=1S/C20H18FN3O.2ClH/c21-19-9-8-14(12-23-19)17-11-20(24-18-7-2-1-6-16(17)18)25-13-15-5-3-4-10-22-15;;/h3-5,8-12H,1-2,6-7,13H2;2*1H. The number of aryl methyl sites for hydroxylation is 1. The monoisotopic (exact) mass is 407 g/mol. The second kappa shape index (κ2) is 9.62. The number of hydrogen-bond acceptors (Lipinski definition) is 4. The number of fused-ring (bicyclic) bond motifs is 1. The van der Waals surface area contributed by atoms with Crippen molar-refractivity contribution in [3.63, 3.8) is 0 Å². The SMILES string of the molecule is Cl.Cl.Fc1ccc(-c2cc(OCc3ccccn3)nc3c2CCCC3)cn1. The van der Waals surface area contributed by atoms with Gasteiger partial charge in [-0.1, -0.05) is 6.07 Å². The van der Waals surface area contributed by atoms with Crippen LogP contribution in [0.4, 0.5) is 4.39 Å². The Morgan fingerprint density at radius 2 is 1.85 bits per heavy atom. The molecule has 4 nitrogen and oxygen atoms in total. The number of ether oxygens (including phenoxy) is 1. The first-order valence-electron chi connectivity index (χ1n) is 8.47. The Balaban J connectivity index is 0.00000131. The molecule has 0 amide bonds. The summed E-state index contributed by atoms with van der Waals surface area (Å²) in [5.41, 5.74) is 5.08. The molecule has 0 radical (unpaired) electrons. The van der Waals surface area contributed by atoms with Crippen LogP contribution in [-0.2, 0) is 19.4 Å². The van der Waals surface area contributed by atoms with Crippen LogP contribution in [0.1, 0.15) is 29.8 Å². The van der Waals surface area contributed by atoms with Crippen LogP contribution in [0.2, 0.25) is 0 Å². The van der Waals surface area contributed by atoms with Gasteiger partial charge in [-0.2, -0.15) is 4.39 Å². The molecule has 0 N–H and O–H groups in total. The molecule has 0 aromatic carbocycles. The molecule has 3 aromatic rings. The minimum Gasteiger partial charge on any atom is -0.471 e. The van der Waals surface area contributed by atoms with Gasteiger partial charge in [-0.25, -0.2) is 9.97 Å². The predicted octanol–water partition coefficient (Wildman–Crippen LogP) is 4.98. The summed E-state index contributed by atoms with van der Waals surface area (Å²) in [6.07, 6.45) is 7.51. The highest BCUT2D eigenvalue weighted by atomic mass is 35.5. The Morgan fingerprint density at radius 1 is 1.00 bits per heavy atom. The van der Waals surface area contributed by atoms with E-state index in [0.717, 1.165) is 48.2 Å². The van der Waals surface area contributed by atoms with Crippen LogP contribution in [-0.4, -0.2) is 15.0 Å². The highest BCUT2D eigenvalue weighted by molar-refractivity contribution is 5.85. The van der Waals surface area contributed by atoms with E-state index >= 15 is 0 Å². The van der Waals surface area contributed by atoms with Gasteiger partial charge >= 0.3 is 0 Å². The number of rotatable bonds is 4. The van der Waals surface area contributed by atoms with E-state index in [2.05, 4.69) is 15.0 Å². The lowest BCUT2D eigenvalue weighted by atomic mass is 9.90. The fraction of sp³-hybridized carbons (Fsp3) is 0.250. The topological polar surface area (TPSA) is 47.9 Å². The summed E-state index contributed by atoms with van der Waals surface area (Å²) in [5, 5.41) is 0. The van der Waals surface area contributed by atoms with Gasteiger partial charge in [0.1, 0.15) is 6.61 Å². The predicted molar refractivity (Wildman–Crippen MR) is 107 cm³/mol. The maximum absolute atomic E-state index is 13.2. The Kier molecular flexibility index (Phi) is 7.51. The van der Waals surface area contributed by atoms with E-state index in [1.165, 1.54) is 11.6 Å². The molecule has 3 aromatic heterocycles. The summed E-state index contributed by atoms with van der Waals surface area (Å²) < 4.78 is 19.1. The first kappa shape index (κ1) is 21.1. The Bertz CT molecular complexity index is 876. The van der Waals surface area contributed by atoms with Crippen molar-refractivity contribution in [2.24, 2.45) is 0 Å². The number of pyridine rings is 3. The third kappa shape index (κ3) is 4.93. The summed E-state index contributed by atoms with van der Waals surface area (Å²) in [4.78, 5) is 12.7. The first-order chi connectivity index (χ1) is 12.3. The zero-order valence-corrected chi connectivity index (χ0v) is 16.2. The van der Waals surface area contributed by atoms with E-state index < -0.39 is 5.95 Å². The van der Waals surface area contributed by atoms with E-state index in [1.807, 2.05) is 24.3 Å². The minimum absolute atomic E-state index is 0. The Hall–Kier alpha value is -2.24. The van der Waals surface area contributed by atoms with Gasteiger partial charge in [0.15, 0.2) is 0 Å². The number of halogens is 3. The van der Waals surface area contributed by atoms with Crippen LogP contribution in [0.15, 0.2) is 48.8 Å². The van der Waals surface area contributed by atoms with Crippen LogP contribution in [0.5, 0.6) is 5.88 Å². The van der Waals surface area contributed by atoms with E-state index in [1.54, 1.807) is 18.5 Å². The molecule has 0 saturated carbocycles. The molecule has 0 atom stereocenters. The highest BCUT2D eigenvalue weighted by Gasteiger charge is 2.18. The zero-order valence-electron chi connectivity index (χ0n) is 14.6. The zero-order chi connectivity index (χ0) is 17.1. The fourth-order valence-electron chi connectivity index (χ4n) is 3.18. The molecule has 0 aliphatic heterocycles. The average Bonchev–Trinajstić information content (AvgIpc) is 2.67. The normalized spacial score (nSPS) is 12.3. The maximum Gasteiger partial charge on any atom is 0.214 e. The number of hydrogen-bond donors (Lipinski definition) is 0. The number of nitrogens with zero attached hydrogens (tertiary/aromatic N) is 3. The molecular weight excluding hydrogens is 388 g/mol. The molecule has 0 unspecified atom stereocenters. The van der Waals surface area contributed by atoms with Gasteiger partial charge in [0.2, 0.25) is 11.8 Å². The van der Waals surface area contributed by atoms with Crippen molar-refractivity contribution in [2.75, 3.05) is 0 Å². The fourth-order valence-corrected chi connectivity index (χ4v) is 3.18. The molecule has 4 rings (SSSR count). The van der Waals surface area contributed by atoms with Gasteiger partial charge in [-0.3, -0.25) is 4.98 Å². The summed E-state index contributed by atoms with van der Waals surface area (Å²) in [5.74, 6) is 0.101. The van der Waals surface area contributed by atoms with E-state index in [-0.39, 0.29) is 24.8 Å². The van der Waals surface area contributed by atoms with Gasteiger partial charge in [0.05, 0.1) is 5.69 Å². The summed E-state index contributed by atoms with van der Waals surface area (Å²) in [7, 11) is 0. The van der Waals surface area contributed by atoms with Crippen molar-refractivity contribution < 1.29 is 9.13 Å². The molecule has 1 aliphatic rings. The van der Waals surface area contributed by atoms with Gasteiger partial charge < -0.3 is 4.74 Å². The molecule has 1 aliphatic carbocycles. The van der Waals surface area contributed by atoms with Crippen molar-refractivity contribution in [2.45, 2.75) is 32.3 Å². The number of aromatic nitrogens is 3. The summed E-state index contributed by atoms with van der Waals surface area (Å²) >= 11 is 0. The van der Waals surface area contributed by atoms with Crippen molar-refractivity contribution in [1.82, 2.24) is 15.0 Å². The lowest BCUT2D eigenvalue weighted by molar-refractivity contribution is 0.288. The molecule has 0 fully saturated rings. The van der Waals surface area contributed by atoms with E-state index in [9.17, 15) is 4.39 Å². The smallest absolute Gasteiger partial charge is 0.214 e. The minimum atomic E-state index is -0.474. The lowest BCUT2D eigenvalue weighted by Gasteiger charge is -2.20. The van der Waals surface area contributed by atoms with Gasteiger partial charge in [0.25, 0.3) is 0 Å². The third-order valence-electron chi connectivity index (χ3n) is 4.41. The Labute approximate surface area is 170 Å². The van der Waals surface area contributed by atoms with Crippen LogP contribution >= 0.6 is 24.8 Å². The molecular formula is C20H20Cl2FN3O. The molecule has 0 saturated heterocycles. The van der Waals surface area contributed by atoms with Crippen molar-refractivity contribution in [3.8, 4) is 17.0 Å². The molecule has 0 bridgehead atoms. The summed E-state index contributed by atoms with van der Waals surface area (Å²) in [6, 6.07) is 10.8. The Morgan fingerprint density at radius 3 is 2.59 bits per heavy atom. The second-order valence-corrected chi connectivity index (χ2v) is 6.12. The van der Waals surface area contributed by atoms with Gasteiger partial charge in [-0.05, 0) is 61.1 Å². The van der Waals surface area contributed by atoms with Gasteiger partial charge in [-0.15, -0.1) is 24.8 Å². The van der Waals surface area contributed by atoms with Crippen LogP contribution < -0.4 is 4.74 Å². The molecule has 3 heterocycles. The average molecular weight is 408 g/mol. The van der Waals surface area contributed by atoms with Crippen LogP contribution in [0.3, 0.4) is 0 Å². The largest absolute Gasteiger partial charge is 0.471 e. The first-order valence-corrected chi connectivity index (χ1v) is 8.47. The van der Waals surface area contributed by atoms with Gasteiger partial charge in [0, 0.05) is 29.7 Å². The molecule has 0 spiro atoms.